The molecule has 0 aromatic heterocycles. The Labute approximate surface area is 867 Å². The molecular formula is H126B124. The van der Waals surface area contributed by atoms with E-state index >= 15 is 0 Å². The van der Waals surface area contributed by atoms with E-state index in [0.29, 0.717) is 389 Å². The fourth-order valence-corrected chi connectivity index (χ4v) is 36.3. The molecule has 0 N–H and O–H groups in total. The lowest BCUT2D eigenvalue weighted by molar-refractivity contribution is 3.11. The monoisotopic (exact) mass is 1490 g/mol. The van der Waals surface area contributed by atoms with Gasteiger partial charge in [0.05, 0.1) is 487 Å². The molecule has 0 aromatic rings. The maximum absolute atomic E-state index is 3.01. The Bertz CT molecular complexity index is 2200. The average Bonchev–Trinajstić information content (AvgIpc) is 0.699. The normalized spacial score (nSPS) is 9.87. The summed E-state index contributed by atoms with van der Waals surface area (Å²) in [6, 6.07) is 0. The molecule has 0 aromatic carbocycles. The van der Waals surface area contributed by atoms with Crippen molar-refractivity contribution in [1.82, 2.24) is 0 Å². The lowest BCUT2D eigenvalue weighted by Crippen LogP contribution is -3.03. The van der Waals surface area contributed by atoms with Crippen LogP contribution in [0.1, 0.15) is 0 Å². The summed E-state index contributed by atoms with van der Waals surface area (Å²) in [6.07, 6.45) is 28.2. The van der Waals surface area contributed by atoms with Gasteiger partial charge in [0.25, 0.3) is 0 Å². The van der Waals surface area contributed by atoms with Gasteiger partial charge in [-0.3, -0.25) is 0 Å². The topological polar surface area (TPSA) is 0 Å². The van der Waals surface area contributed by atoms with E-state index in [0.717, 1.165) is 0 Å². The average molecular weight is 1470 g/mol. The minimum absolute atomic E-state index is 0.314. The maximum atomic E-state index is 3.01. The molecule has 0 aliphatic carbocycles. The zero-order chi connectivity index (χ0) is 98.2. The van der Waals surface area contributed by atoms with Gasteiger partial charge in [-0.25, -0.2) is 0 Å². The van der Waals surface area contributed by atoms with Gasteiger partial charge in [-0.05, 0) is 0 Å². The first-order valence-electron chi connectivity index (χ1n) is 56.4. The lowest BCUT2D eigenvalue weighted by Gasteiger charge is -2.64. The van der Waals surface area contributed by atoms with Crippen molar-refractivity contribution in [3.8, 4) is 0 Å². The molecule has 498 valence electrons. The van der Waals surface area contributed by atoms with Crippen LogP contribution < -0.4 is 0 Å². The van der Waals surface area contributed by atoms with Crippen LogP contribution in [0.15, 0.2) is 0 Å². The Kier molecular flexibility index (Phi) is 64.7. The number of hydrogen-bond donors (Lipinski definition) is 0. The standard InChI is InChI=1S/B124H126/c1-64(2)95(63)111(96(65(3)4)66(5)6)119(112(97(67(7)8)68(9)10)98(69(11)12)70(13)14)123(120(113(99(71(15)16)72(17)18)100(73(19)20)74(21)22)114(101(75(23)24)76(25)26)102(77(27)28)78(29)30)124(121(115(103(79(31)32)80(33)34)104(81(35)36)82(37)38)116(105(83(39)40)84(41)42)106(85(43)44)86(45)46)122(117(107(87(47)48)88(49)50)108(89(51)52)90(53)54)118(109(91(55)56)92(57)58)110(93(59)60)94(61)62/h1-63H2. The van der Waals surface area contributed by atoms with Crippen LogP contribution in [0.25, 0.3) is 0 Å². The van der Waals surface area contributed by atoms with E-state index in [1.807, 2.05) is 0 Å². The molecule has 124 heteroatoms. The van der Waals surface area contributed by atoms with Gasteiger partial charge >= 0.3 is 0 Å². The molecule has 0 aliphatic heterocycles. The highest BCUT2D eigenvalue weighted by Gasteiger charge is 2.72. The van der Waals surface area contributed by atoms with Crippen LogP contribution in [-0.2, 0) is 0 Å². The first-order chi connectivity index (χ1) is 56.4. The second-order valence-corrected chi connectivity index (χ2v) is 56.2. The molecule has 0 saturated carbocycles. The van der Waals surface area contributed by atoms with Gasteiger partial charge in [-0.15, -0.1) is 0 Å². The van der Waals surface area contributed by atoms with Crippen molar-refractivity contribution in [3.05, 3.63) is 0 Å². The predicted octanol–water partition coefficient (Wildman–Crippen LogP) is -80.9. The van der Waals surface area contributed by atoms with Crippen LogP contribution >= 0.6 is 0 Å². The van der Waals surface area contributed by atoms with Crippen molar-refractivity contribution < 1.29 is 0 Å². The summed E-state index contributed by atoms with van der Waals surface area (Å²) in [4.78, 5) is 0. The van der Waals surface area contributed by atoms with Crippen LogP contribution in [0.4, 0.5) is 0 Å². The van der Waals surface area contributed by atoms with Crippen LogP contribution in [0.2, 0.25) is 0 Å². The Morgan fingerprint density at radius 3 is 0.153 bits per heavy atom. The summed E-state index contributed by atoms with van der Waals surface area (Å²) in [5.41, 5.74) is 0. The van der Waals surface area contributed by atoms with Crippen LogP contribution in [0.3, 0.4) is 0 Å². The van der Waals surface area contributed by atoms with Crippen molar-refractivity contribution in [2.45, 2.75) is 0 Å². The second-order valence-electron chi connectivity index (χ2n) is 56.2. The first-order valence-corrected chi connectivity index (χ1v) is 56.4. The first kappa shape index (κ1) is 132. The fourth-order valence-electron chi connectivity index (χ4n) is 36.3. The summed E-state index contributed by atoms with van der Waals surface area (Å²) in [5, 5.41) is 0. The van der Waals surface area contributed by atoms with Gasteiger partial charge in [-0.2, -0.15) is 0 Å². The molecule has 0 radical (unpaired) electrons. The highest BCUT2D eigenvalue weighted by atomic mass is 13.5. The molecule has 0 rings (SSSR count). The van der Waals surface area contributed by atoms with Gasteiger partial charge in [0.1, 0.15) is 0 Å². The van der Waals surface area contributed by atoms with E-state index in [1.54, 1.807) is 0 Å². The smallest absolute Gasteiger partial charge is 0.000000116 e. The fraction of sp³-hybridized carbons (Fsp3) is 0. The predicted molar refractivity (Wildman–Crippen MR) is 889 cm³/mol. The highest BCUT2D eigenvalue weighted by molar-refractivity contribution is 8.47. The molecule has 0 aliphatic rings. The van der Waals surface area contributed by atoms with Gasteiger partial charge in [-0.1, -0.05) is 0 Å². The van der Waals surface area contributed by atoms with Crippen LogP contribution in [0, 0.1) is 0 Å². The quantitative estimate of drug-likeness (QED) is 0.0533. The molecule has 0 atom stereocenters. The Hall–Kier alpha value is 8.05. The summed E-state index contributed by atoms with van der Waals surface area (Å²) in [7, 11) is 179. The molecular weight excluding hydrogens is 1340 g/mol. The minimum atomic E-state index is 0.314. The van der Waals surface area contributed by atoms with Crippen molar-refractivity contribution in [2.75, 3.05) is 0 Å². The summed E-state index contributed by atoms with van der Waals surface area (Å²) in [5.74, 6) is 0. The highest BCUT2D eigenvalue weighted by Crippen LogP contribution is 2.33. The number of rotatable bonds is 60. The zero-order valence-electron chi connectivity index (χ0n) is 98.2. The van der Waals surface area contributed by atoms with E-state index in [2.05, 4.69) is 487 Å². The van der Waals surface area contributed by atoms with E-state index in [4.69, 9.17) is 0 Å². The zero-order valence-corrected chi connectivity index (χ0v) is 98.2. The number of hydrogen-bond acceptors (Lipinski definition) is 0. The third-order valence-corrected chi connectivity index (χ3v) is 37.2. The molecule has 0 amide bonds. The molecule has 0 fully saturated rings. The van der Waals surface area contributed by atoms with E-state index in [9.17, 15) is 0 Å². The molecule has 0 saturated heterocycles. The third-order valence-electron chi connectivity index (χ3n) is 37.2. The van der Waals surface area contributed by atoms with Crippen molar-refractivity contribution in [3.63, 3.8) is 0 Å². The SMILES string of the molecule is BB(B)B(B)B(B(B(B)B)B(B)B)B(B(B(B(B)B)B(B)B)B(B(B)B)B(B)B)B(B(B(B(B(B)B)B(B)B)B(B(B)B)B(B)B)B(B(B(B)B)B(B)B)B(B(B)B)B(B)B)B(B(B(B(B(B)B)B(B)B)B(B(B)B)B(B)B)B(B(B(B)B)B(B)B)B(B(B)B)B(B)B)B(B(B(B(B)B)B(B)B)B(B(B)B)B(B)B)B(B(B(B)B)B(B)B)B(B(B)B)B(B)B. The molecule has 0 spiro atoms. The van der Waals surface area contributed by atoms with Crippen molar-refractivity contribution in [1.29, 1.82) is 0 Å². The molecule has 124 heavy (non-hydrogen) atoms. The summed E-state index contributed by atoms with van der Waals surface area (Å²) >= 11 is 0. The molecule has 0 unspecified atom stereocenters. The van der Waals surface area contributed by atoms with E-state index in [1.165, 1.54) is 0 Å². The van der Waals surface area contributed by atoms with Gasteiger partial charge in [0.2, 0.25) is 0 Å². The van der Waals surface area contributed by atoms with E-state index < -0.39 is 0 Å². The molecule has 0 nitrogen and oxygen atoms in total. The van der Waals surface area contributed by atoms with E-state index in [-0.39, 0.29) is 0 Å². The third kappa shape index (κ3) is 35.2. The van der Waals surface area contributed by atoms with Gasteiger partial charge < -0.3 is 0 Å². The van der Waals surface area contributed by atoms with Gasteiger partial charge in [0, 0.05) is 389 Å². The largest absolute Gasteiger partial charge is 0.0552 e. The van der Waals surface area contributed by atoms with Crippen LogP contribution in [-0.4, -0.2) is 877 Å². The summed E-state index contributed by atoms with van der Waals surface area (Å²) in [6.45, 7) is 0. The molecule has 0 bridgehead atoms. The lowest BCUT2D eigenvalue weighted by atomic mass is 8.17. The molecule has 0 heterocycles. The minimum Gasteiger partial charge on any atom is 0.000000116 e. The van der Waals surface area contributed by atoms with Crippen LogP contribution in [0.5, 0.6) is 0 Å². The second kappa shape index (κ2) is 60.7. The van der Waals surface area contributed by atoms with Gasteiger partial charge in [0.15, 0.2) is 0 Å². The maximum Gasteiger partial charge on any atom is 0.0552 e. The summed E-state index contributed by atoms with van der Waals surface area (Å²) < 4.78 is 0. The Morgan fingerprint density at radius 1 is 0.0484 bits per heavy atom. The Balaban J connectivity index is 17.0. The Morgan fingerprint density at radius 2 is 0.0968 bits per heavy atom. The van der Waals surface area contributed by atoms with Crippen molar-refractivity contribution >= 4 is 877 Å². The van der Waals surface area contributed by atoms with Crippen molar-refractivity contribution in [2.24, 2.45) is 0 Å².